The Balaban J connectivity index is 1.84. The molecule has 3 amide bonds. The molecule has 0 aromatic heterocycles. The average Bonchev–Trinajstić information content (AvgIpc) is 3.07. The van der Waals surface area contributed by atoms with Gasteiger partial charge in [0, 0.05) is 0 Å². The van der Waals surface area contributed by atoms with Gasteiger partial charge < -0.3 is 4.74 Å². The molecule has 1 unspecified atom stereocenters. The summed E-state index contributed by atoms with van der Waals surface area (Å²) in [6.07, 6.45) is 0.942. The molecule has 144 valence electrons. The quantitative estimate of drug-likeness (QED) is 0.744. The van der Waals surface area contributed by atoms with Crippen molar-refractivity contribution in [2.45, 2.75) is 46.3 Å². The zero-order chi connectivity index (χ0) is 19.8. The molecule has 4 rings (SSSR count). The van der Waals surface area contributed by atoms with E-state index in [0.29, 0.717) is 24.6 Å². The molecule has 0 N–H and O–H groups in total. The van der Waals surface area contributed by atoms with E-state index in [4.69, 9.17) is 4.74 Å². The molecular weight excluding hydrogens is 352 g/mol. The van der Waals surface area contributed by atoms with E-state index >= 15 is 0 Å². The van der Waals surface area contributed by atoms with Gasteiger partial charge in [-0.1, -0.05) is 49.2 Å². The minimum absolute atomic E-state index is 0.258. The largest absolute Gasteiger partial charge is 0.501 e. The zero-order valence-electron chi connectivity index (χ0n) is 16.6. The third-order valence-corrected chi connectivity index (χ3v) is 5.47. The number of carbonyl (C=O) groups is 2. The predicted molar refractivity (Wildman–Crippen MR) is 107 cm³/mol. The highest BCUT2D eigenvalue weighted by molar-refractivity contribution is 6.21. The number of fused-ring (bicyclic) bond motifs is 3. The maximum absolute atomic E-state index is 13.3. The van der Waals surface area contributed by atoms with Gasteiger partial charge in [0.2, 0.25) is 0 Å². The molecule has 2 aliphatic heterocycles. The fourth-order valence-corrected chi connectivity index (χ4v) is 3.86. The van der Waals surface area contributed by atoms with Gasteiger partial charge in [-0.25, -0.2) is 4.79 Å². The van der Waals surface area contributed by atoms with E-state index in [1.54, 1.807) is 4.58 Å². The molecule has 5 heteroatoms. The van der Waals surface area contributed by atoms with Crippen LogP contribution in [0.15, 0.2) is 42.5 Å². The minimum Gasteiger partial charge on any atom is -0.469 e. The summed E-state index contributed by atoms with van der Waals surface area (Å²) >= 11 is 0. The topological polar surface area (TPSA) is 49.6 Å². The van der Waals surface area contributed by atoms with Crippen LogP contribution >= 0.6 is 0 Å². The van der Waals surface area contributed by atoms with Crippen LogP contribution in [0, 0.1) is 13.8 Å². The van der Waals surface area contributed by atoms with Crippen LogP contribution in [0.3, 0.4) is 0 Å². The first-order valence-corrected chi connectivity index (χ1v) is 9.83. The highest BCUT2D eigenvalue weighted by Crippen LogP contribution is 2.32. The van der Waals surface area contributed by atoms with E-state index in [9.17, 15) is 9.59 Å². The van der Waals surface area contributed by atoms with Crippen molar-refractivity contribution in [2.75, 3.05) is 6.54 Å². The normalized spacial score (nSPS) is 18.2. The Labute approximate surface area is 165 Å². The molecule has 2 aromatic rings. The lowest BCUT2D eigenvalue weighted by molar-refractivity contribution is -0.456. The number of aryl methyl sites for hydroxylation is 2. The SMILES string of the molecule is CCCCN1C(=O)C2Oc3ccccc3C2=[N+](Cc2cc(C)ccc2C)C1=O. The summed E-state index contributed by atoms with van der Waals surface area (Å²) < 4.78 is 7.71. The molecule has 0 bridgehead atoms. The second kappa shape index (κ2) is 7.23. The Hall–Kier alpha value is -2.95. The maximum atomic E-state index is 13.3. The van der Waals surface area contributed by atoms with Crippen molar-refractivity contribution in [2.24, 2.45) is 0 Å². The molecule has 0 spiro atoms. The van der Waals surface area contributed by atoms with Crippen LogP contribution in [0.4, 0.5) is 4.79 Å². The Morgan fingerprint density at radius 2 is 1.89 bits per heavy atom. The number of amides is 3. The summed E-state index contributed by atoms with van der Waals surface area (Å²) in [6.45, 7) is 6.98. The Kier molecular flexibility index (Phi) is 4.75. The van der Waals surface area contributed by atoms with Gasteiger partial charge in [0.1, 0.15) is 12.3 Å². The Morgan fingerprint density at radius 3 is 2.68 bits per heavy atom. The number of carbonyl (C=O) groups excluding carboxylic acids is 2. The van der Waals surface area contributed by atoms with Crippen LogP contribution in [-0.4, -0.2) is 39.8 Å². The van der Waals surface area contributed by atoms with Crippen LogP contribution in [-0.2, 0) is 11.3 Å². The summed E-state index contributed by atoms with van der Waals surface area (Å²) in [5, 5.41) is 0. The molecule has 5 nitrogen and oxygen atoms in total. The Morgan fingerprint density at radius 1 is 1.11 bits per heavy atom. The summed E-state index contributed by atoms with van der Waals surface area (Å²) in [4.78, 5) is 27.7. The van der Waals surface area contributed by atoms with E-state index in [-0.39, 0.29) is 11.9 Å². The molecule has 0 saturated heterocycles. The number of para-hydroxylation sites is 1. The molecule has 28 heavy (non-hydrogen) atoms. The number of imide groups is 1. The number of ether oxygens (including phenoxy) is 1. The smallest absolute Gasteiger partial charge is 0.469 e. The van der Waals surface area contributed by atoms with Crippen molar-refractivity contribution in [3.05, 3.63) is 64.7 Å². The average molecular weight is 377 g/mol. The Bertz CT molecular complexity index is 993. The summed E-state index contributed by atoms with van der Waals surface area (Å²) in [6, 6.07) is 13.5. The van der Waals surface area contributed by atoms with Crippen LogP contribution < -0.4 is 4.74 Å². The van der Waals surface area contributed by atoms with E-state index in [1.165, 1.54) is 4.90 Å². The maximum Gasteiger partial charge on any atom is 0.501 e. The molecule has 2 aliphatic rings. The first-order chi connectivity index (χ1) is 13.5. The van der Waals surface area contributed by atoms with Gasteiger partial charge in [-0.3, -0.25) is 0 Å². The van der Waals surface area contributed by atoms with Crippen molar-refractivity contribution >= 4 is 17.6 Å². The van der Waals surface area contributed by atoms with Gasteiger partial charge in [-0.2, -0.15) is 14.3 Å². The van der Waals surface area contributed by atoms with Crippen LogP contribution in [0.1, 0.15) is 42.0 Å². The summed E-state index contributed by atoms with van der Waals surface area (Å²) in [7, 11) is 0. The fraction of sp³-hybridized carbons (Fsp3) is 0.348. The van der Waals surface area contributed by atoms with Gasteiger partial charge in [0.15, 0.2) is 5.71 Å². The number of hydrogen-bond acceptors (Lipinski definition) is 3. The van der Waals surface area contributed by atoms with Crippen molar-refractivity contribution in [3.8, 4) is 5.75 Å². The molecule has 0 aliphatic carbocycles. The van der Waals surface area contributed by atoms with Crippen molar-refractivity contribution in [1.82, 2.24) is 4.90 Å². The van der Waals surface area contributed by atoms with Crippen LogP contribution in [0.25, 0.3) is 0 Å². The first kappa shape index (κ1) is 18.4. The van der Waals surface area contributed by atoms with Gasteiger partial charge in [-0.05, 0) is 43.5 Å². The molecule has 2 heterocycles. The molecule has 0 fully saturated rings. The lowest BCUT2D eigenvalue weighted by Crippen LogP contribution is -2.57. The number of urea groups is 1. The number of benzene rings is 2. The lowest BCUT2D eigenvalue weighted by atomic mass is 10.0. The zero-order valence-corrected chi connectivity index (χ0v) is 16.6. The first-order valence-electron chi connectivity index (χ1n) is 9.83. The standard InChI is InChI=1S/C23H25N2O3/c1-4-5-12-24-22(26)21-20(18-8-6-7-9-19(18)28-21)25(23(24)27)14-17-13-15(2)10-11-16(17)3/h6-11,13,21H,4-5,12,14H2,1-3H3/q+1. The number of unbranched alkanes of at least 4 members (excludes halogenated alkanes) is 1. The van der Waals surface area contributed by atoms with Crippen molar-refractivity contribution in [1.29, 1.82) is 0 Å². The molecule has 2 aromatic carbocycles. The van der Waals surface area contributed by atoms with Gasteiger partial charge >= 0.3 is 11.9 Å². The van der Waals surface area contributed by atoms with Crippen LogP contribution in [0.2, 0.25) is 0 Å². The van der Waals surface area contributed by atoms with E-state index in [0.717, 1.165) is 35.1 Å². The monoisotopic (exact) mass is 377 g/mol. The van der Waals surface area contributed by atoms with E-state index in [2.05, 4.69) is 18.2 Å². The van der Waals surface area contributed by atoms with Crippen molar-refractivity contribution in [3.63, 3.8) is 0 Å². The predicted octanol–water partition coefficient (Wildman–Crippen LogP) is 3.83. The number of rotatable bonds is 5. The second-order valence-electron chi connectivity index (χ2n) is 7.52. The molecule has 1 atom stereocenters. The molecule has 0 saturated carbocycles. The molecular formula is C23H25N2O3+. The lowest BCUT2D eigenvalue weighted by Gasteiger charge is -2.24. The van der Waals surface area contributed by atoms with E-state index < -0.39 is 6.10 Å². The molecule has 0 radical (unpaired) electrons. The van der Waals surface area contributed by atoms with Gasteiger partial charge in [0.25, 0.3) is 6.10 Å². The van der Waals surface area contributed by atoms with Gasteiger partial charge in [-0.15, -0.1) is 0 Å². The fourth-order valence-electron chi connectivity index (χ4n) is 3.86. The summed E-state index contributed by atoms with van der Waals surface area (Å²) in [5.74, 6) is 0.397. The number of nitrogens with zero attached hydrogens (tertiary/aromatic N) is 2. The third-order valence-electron chi connectivity index (χ3n) is 5.47. The summed E-state index contributed by atoms with van der Waals surface area (Å²) in [5.41, 5.74) is 4.84. The van der Waals surface area contributed by atoms with Gasteiger partial charge in [0.05, 0.1) is 12.1 Å². The second-order valence-corrected chi connectivity index (χ2v) is 7.52. The highest BCUT2D eigenvalue weighted by Gasteiger charge is 2.53. The minimum atomic E-state index is -0.753. The third kappa shape index (κ3) is 3.01. The van der Waals surface area contributed by atoms with Crippen LogP contribution in [0.5, 0.6) is 5.75 Å². The van der Waals surface area contributed by atoms with E-state index in [1.807, 2.05) is 45.0 Å². The van der Waals surface area contributed by atoms with Crippen molar-refractivity contribution < 1.29 is 18.9 Å². The number of hydrogen-bond donors (Lipinski definition) is 0. The highest BCUT2D eigenvalue weighted by atomic mass is 16.5.